The minimum Gasteiger partial charge on any atom is -0.480 e. The van der Waals surface area contributed by atoms with Crippen LogP contribution in [0.4, 0.5) is 0 Å². The van der Waals surface area contributed by atoms with Crippen LogP contribution in [-0.4, -0.2) is 35.6 Å². The number of carboxylic acids is 1. The van der Waals surface area contributed by atoms with Crippen LogP contribution < -0.4 is 0 Å². The lowest BCUT2D eigenvalue weighted by molar-refractivity contribution is -0.144. The molecule has 1 fully saturated rings. The minimum atomic E-state index is -0.687. The van der Waals surface area contributed by atoms with E-state index in [0.29, 0.717) is 5.92 Å². The first-order valence-corrected chi connectivity index (χ1v) is 6.45. The predicted molar refractivity (Wildman–Crippen MR) is 65.5 cm³/mol. The molecule has 0 amide bonds. The molecule has 0 bridgehead atoms. The number of likely N-dealkylation sites (N-methyl/N-ethyl adjacent to an activating group) is 1. The molecule has 3 heteroatoms. The van der Waals surface area contributed by atoms with Crippen LogP contribution in [0.3, 0.4) is 0 Å². The molecule has 1 atom stereocenters. The molecule has 1 aliphatic carbocycles. The summed E-state index contributed by atoms with van der Waals surface area (Å²) in [6.45, 7) is 4.90. The van der Waals surface area contributed by atoms with Gasteiger partial charge in [-0.1, -0.05) is 33.1 Å². The van der Waals surface area contributed by atoms with E-state index in [0.717, 1.165) is 6.54 Å². The van der Waals surface area contributed by atoms with Gasteiger partial charge in [0, 0.05) is 6.54 Å². The Morgan fingerprint density at radius 1 is 1.31 bits per heavy atom. The van der Waals surface area contributed by atoms with Crippen LogP contribution in [0, 0.1) is 11.8 Å². The monoisotopic (exact) mass is 227 g/mol. The maximum atomic E-state index is 11.2. The van der Waals surface area contributed by atoms with Crippen molar-refractivity contribution in [2.45, 2.75) is 52.0 Å². The molecule has 0 radical (unpaired) electrons. The molecule has 1 saturated carbocycles. The average molecular weight is 227 g/mol. The van der Waals surface area contributed by atoms with Crippen molar-refractivity contribution in [3.05, 3.63) is 0 Å². The maximum Gasteiger partial charge on any atom is 0.321 e. The second kappa shape index (κ2) is 6.24. The molecule has 0 spiro atoms. The van der Waals surface area contributed by atoms with Gasteiger partial charge in [-0.05, 0) is 31.7 Å². The summed E-state index contributed by atoms with van der Waals surface area (Å²) >= 11 is 0. The zero-order valence-corrected chi connectivity index (χ0v) is 10.8. The highest BCUT2D eigenvalue weighted by Gasteiger charge is 2.28. The third-order valence-electron chi connectivity index (χ3n) is 3.63. The number of aliphatic carboxylic acids is 1. The fourth-order valence-electron chi connectivity index (χ4n) is 2.87. The first-order chi connectivity index (χ1) is 7.52. The van der Waals surface area contributed by atoms with E-state index in [1.165, 1.54) is 32.1 Å². The molecule has 1 rings (SSSR count). The summed E-state index contributed by atoms with van der Waals surface area (Å²) in [5.41, 5.74) is 0. The molecule has 0 aromatic heterocycles. The average Bonchev–Trinajstić information content (AvgIpc) is 2.17. The number of nitrogens with zero attached hydrogens (tertiary/aromatic N) is 1. The molecule has 16 heavy (non-hydrogen) atoms. The second-order valence-corrected chi connectivity index (χ2v) is 5.47. The van der Waals surface area contributed by atoms with Crippen LogP contribution in [-0.2, 0) is 4.79 Å². The third-order valence-corrected chi connectivity index (χ3v) is 3.63. The van der Waals surface area contributed by atoms with E-state index >= 15 is 0 Å². The van der Waals surface area contributed by atoms with E-state index in [4.69, 9.17) is 0 Å². The molecular formula is C13H25NO2. The lowest BCUT2D eigenvalue weighted by atomic mass is 9.88. The standard InChI is InChI=1S/C13H25NO2/c1-10(2)12(13(15)16)14(3)9-11-7-5-4-6-8-11/h10-12H,4-9H2,1-3H3,(H,15,16). The summed E-state index contributed by atoms with van der Waals surface area (Å²) in [4.78, 5) is 13.2. The number of rotatable bonds is 5. The molecule has 0 saturated heterocycles. The smallest absolute Gasteiger partial charge is 0.321 e. The predicted octanol–water partition coefficient (Wildman–Crippen LogP) is 2.61. The van der Waals surface area contributed by atoms with E-state index in [1.807, 2.05) is 25.8 Å². The summed E-state index contributed by atoms with van der Waals surface area (Å²) in [5.74, 6) is 0.193. The van der Waals surface area contributed by atoms with E-state index in [9.17, 15) is 9.90 Å². The van der Waals surface area contributed by atoms with Crippen LogP contribution in [0.1, 0.15) is 46.0 Å². The number of carboxylic acid groups (broad SMARTS) is 1. The van der Waals surface area contributed by atoms with Gasteiger partial charge in [0.25, 0.3) is 0 Å². The maximum absolute atomic E-state index is 11.2. The van der Waals surface area contributed by atoms with Crippen molar-refractivity contribution in [3.63, 3.8) is 0 Å². The van der Waals surface area contributed by atoms with Crippen LogP contribution in [0.2, 0.25) is 0 Å². The van der Waals surface area contributed by atoms with Gasteiger partial charge >= 0.3 is 5.97 Å². The highest BCUT2D eigenvalue weighted by Crippen LogP contribution is 2.25. The van der Waals surface area contributed by atoms with E-state index in [-0.39, 0.29) is 12.0 Å². The van der Waals surface area contributed by atoms with Gasteiger partial charge in [-0.15, -0.1) is 0 Å². The molecular weight excluding hydrogens is 202 g/mol. The van der Waals surface area contributed by atoms with Gasteiger partial charge in [0.2, 0.25) is 0 Å². The zero-order valence-electron chi connectivity index (χ0n) is 10.8. The van der Waals surface area contributed by atoms with Gasteiger partial charge in [-0.3, -0.25) is 9.69 Å². The molecule has 0 aromatic carbocycles. The largest absolute Gasteiger partial charge is 0.480 e. The number of hydrogen-bond donors (Lipinski definition) is 1. The van der Waals surface area contributed by atoms with Gasteiger partial charge in [-0.2, -0.15) is 0 Å². The molecule has 0 aromatic rings. The van der Waals surface area contributed by atoms with Gasteiger partial charge in [-0.25, -0.2) is 0 Å². The minimum absolute atomic E-state index is 0.172. The van der Waals surface area contributed by atoms with Crippen LogP contribution in [0.15, 0.2) is 0 Å². The van der Waals surface area contributed by atoms with E-state index in [1.54, 1.807) is 0 Å². The van der Waals surface area contributed by atoms with Gasteiger partial charge in [0.15, 0.2) is 0 Å². The SMILES string of the molecule is CC(C)C(C(=O)O)N(C)CC1CCCCC1. The lowest BCUT2D eigenvalue weighted by Crippen LogP contribution is -2.44. The summed E-state index contributed by atoms with van der Waals surface area (Å²) in [5, 5.41) is 9.20. The van der Waals surface area contributed by atoms with Gasteiger partial charge < -0.3 is 5.11 Å². The van der Waals surface area contributed by atoms with Crippen molar-refractivity contribution < 1.29 is 9.90 Å². The van der Waals surface area contributed by atoms with Crippen molar-refractivity contribution in [1.29, 1.82) is 0 Å². The zero-order chi connectivity index (χ0) is 12.1. The quantitative estimate of drug-likeness (QED) is 0.785. The summed E-state index contributed by atoms with van der Waals surface area (Å²) < 4.78 is 0. The number of carbonyl (C=O) groups is 1. The van der Waals surface area contributed by atoms with Crippen molar-refractivity contribution in [2.75, 3.05) is 13.6 Å². The normalized spacial score (nSPS) is 20.3. The third kappa shape index (κ3) is 3.78. The first-order valence-electron chi connectivity index (χ1n) is 6.45. The Kier molecular flexibility index (Phi) is 5.26. The summed E-state index contributed by atoms with van der Waals surface area (Å²) in [6, 6.07) is -0.332. The molecule has 0 aliphatic heterocycles. The molecule has 94 valence electrons. The first kappa shape index (κ1) is 13.5. The Labute approximate surface area is 98.8 Å². The van der Waals surface area contributed by atoms with Crippen molar-refractivity contribution >= 4 is 5.97 Å². The van der Waals surface area contributed by atoms with Crippen LogP contribution >= 0.6 is 0 Å². The highest BCUT2D eigenvalue weighted by atomic mass is 16.4. The van der Waals surface area contributed by atoms with Crippen LogP contribution in [0.25, 0.3) is 0 Å². The molecule has 1 N–H and O–H groups in total. The topological polar surface area (TPSA) is 40.5 Å². The van der Waals surface area contributed by atoms with Gasteiger partial charge in [0.05, 0.1) is 0 Å². The van der Waals surface area contributed by atoms with E-state index in [2.05, 4.69) is 0 Å². The highest BCUT2D eigenvalue weighted by molar-refractivity contribution is 5.73. The van der Waals surface area contributed by atoms with Crippen LogP contribution in [0.5, 0.6) is 0 Å². The fourth-order valence-corrected chi connectivity index (χ4v) is 2.87. The number of hydrogen-bond acceptors (Lipinski definition) is 2. The van der Waals surface area contributed by atoms with E-state index < -0.39 is 5.97 Å². The Morgan fingerprint density at radius 3 is 2.31 bits per heavy atom. The van der Waals surface area contributed by atoms with Crippen molar-refractivity contribution in [3.8, 4) is 0 Å². The Balaban J connectivity index is 2.47. The van der Waals surface area contributed by atoms with Gasteiger partial charge in [0.1, 0.15) is 6.04 Å². The lowest BCUT2D eigenvalue weighted by Gasteiger charge is -2.32. The molecule has 1 aliphatic rings. The summed E-state index contributed by atoms with van der Waals surface area (Å²) in [7, 11) is 1.95. The second-order valence-electron chi connectivity index (χ2n) is 5.47. The molecule has 1 unspecified atom stereocenters. The molecule has 3 nitrogen and oxygen atoms in total. The van der Waals surface area contributed by atoms with Crippen molar-refractivity contribution in [1.82, 2.24) is 4.90 Å². The Hall–Kier alpha value is -0.570. The fraction of sp³-hybridized carbons (Fsp3) is 0.923. The molecule has 0 heterocycles. The Bertz CT molecular complexity index is 222. The Morgan fingerprint density at radius 2 is 1.88 bits per heavy atom. The van der Waals surface area contributed by atoms with Crippen molar-refractivity contribution in [2.24, 2.45) is 11.8 Å². The summed E-state index contributed by atoms with van der Waals surface area (Å²) in [6.07, 6.45) is 6.53.